The molecule has 0 amide bonds. The van der Waals surface area contributed by atoms with Crippen LogP contribution >= 0.6 is 0 Å². The number of aromatic nitrogens is 2. The molecule has 0 aromatic carbocycles. The highest BCUT2D eigenvalue weighted by Crippen LogP contribution is 2.16. The summed E-state index contributed by atoms with van der Waals surface area (Å²) in [5.41, 5.74) is 6.20. The minimum Gasteiger partial charge on any atom is -0.493 e. The Balaban J connectivity index is 3.09. The second-order valence-corrected chi connectivity index (χ2v) is 1.94. The minimum atomic E-state index is 0.327. The Bertz CT molecular complexity index is 236. The third-order valence-corrected chi connectivity index (χ3v) is 1.13. The van der Waals surface area contributed by atoms with E-state index in [0.29, 0.717) is 11.6 Å². The summed E-state index contributed by atoms with van der Waals surface area (Å²) in [6, 6.07) is 1.74. The molecule has 2 N–H and O–H groups in total. The summed E-state index contributed by atoms with van der Waals surface area (Å²) in [4.78, 5) is 0. The molecule has 0 fully saturated rings. The molecule has 0 saturated heterocycles. The van der Waals surface area contributed by atoms with Crippen LogP contribution in [0, 0.1) is 6.92 Å². The molecule has 0 radical (unpaired) electrons. The van der Waals surface area contributed by atoms with E-state index < -0.39 is 0 Å². The number of nitrogens with two attached hydrogens (primary N) is 1. The second-order valence-electron chi connectivity index (χ2n) is 1.94. The molecule has 54 valence electrons. The van der Waals surface area contributed by atoms with Gasteiger partial charge in [-0.05, 0) is 6.92 Å². The van der Waals surface area contributed by atoms with Crippen LogP contribution in [0.1, 0.15) is 5.69 Å². The van der Waals surface area contributed by atoms with E-state index in [1.807, 2.05) is 6.92 Å². The van der Waals surface area contributed by atoms with Crippen molar-refractivity contribution < 1.29 is 4.74 Å². The van der Waals surface area contributed by atoms with Crippen LogP contribution in [0.4, 0.5) is 5.82 Å². The molecule has 4 nitrogen and oxygen atoms in total. The first kappa shape index (κ1) is 6.80. The van der Waals surface area contributed by atoms with Crippen LogP contribution in [-0.2, 0) is 0 Å². The molecule has 0 aliphatic heterocycles. The molecule has 1 rings (SSSR count). The fourth-order valence-electron chi connectivity index (χ4n) is 0.638. The second kappa shape index (κ2) is 2.51. The summed E-state index contributed by atoms with van der Waals surface area (Å²) < 4.78 is 4.90. The van der Waals surface area contributed by atoms with Crippen molar-refractivity contribution in [3.05, 3.63) is 11.8 Å². The zero-order chi connectivity index (χ0) is 7.56. The molecular formula is C6H9N3O. The monoisotopic (exact) mass is 139 g/mol. The van der Waals surface area contributed by atoms with Crippen LogP contribution in [-0.4, -0.2) is 17.3 Å². The largest absolute Gasteiger partial charge is 0.493 e. The van der Waals surface area contributed by atoms with Gasteiger partial charge in [-0.3, -0.25) is 0 Å². The van der Waals surface area contributed by atoms with Crippen molar-refractivity contribution in [3.8, 4) is 5.75 Å². The predicted octanol–water partition coefficient (Wildman–Crippen LogP) is 0.376. The van der Waals surface area contributed by atoms with Crippen LogP contribution in [0.15, 0.2) is 6.07 Å². The number of nitrogens with zero attached hydrogens (tertiary/aromatic N) is 2. The number of rotatable bonds is 1. The van der Waals surface area contributed by atoms with Crippen molar-refractivity contribution in [2.45, 2.75) is 6.92 Å². The normalized spacial score (nSPS) is 9.40. The number of ether oxygens (including phenoxy) is 1. The van der Waals surface area contributed by atoms with Gasteiger partial charge in [0.2, 0.25) is 0 Å². The summed E-state index contributed by atoms with van der Waals surface area (Å²) in [5, 5.41) is 7.38. The molecule has 0 bridgehead atoms. The molecule has 0 unspecified atom stereocenters. The van der Waals surface area contributed by atoms with Gasteiger partial charge in [-0.25, -0.2) is 0 Å². The fraction of sp³-hybridized carbons (Fsp3) is 0.333. The number of nitrogen functional groups attached to an aromatic ring is 1. The highest BCUT2D eigenvalue weighted by molar-refractivity contribution is 5.44. The van der Waals surface area contributed by atoms with Gasteiger partial charge in [0.25, 0.3) is 0 Å². The average Bonchev–Trinajstić information content (AvgIpc) is 1.94. The van der Waals surface area contributed by atoms with Gasteiger partial charge in [-0.2, -0.15) is 5.10 Å². The number of hydrogen-bond donors (Lipinski definition) is 1. The topological polar surface area (TPSA) is 61.0 Å². The molecule has 0 aliphatic carbocycles. The quantitative estimate of drug-likeness (QED) is 0.610. The van der Waals surface area contributed by atoms with Crippen LogP contribution < -0.4 is 10.5 Å². The van der Waals surface area contributed by atoms with E-state index in [2.05, 4.69) is 10.2 Å². The smallest absolute Gasteiger partial charge is 0.188 e. The van der Waals surface area contributed by atoms with E-state index in [1.165, 1.54) is 0 Å². The zero-order valence-corrected chi connectivity index (χ0v) is 5.96. The van der Waals surface area contributed by atoms with E-state index >= 15 is 0 Å². The van der Waals surface area contributed by atoms with Gasteiger partial charge in [0, 0.05) is 6.07 Å². The van der Waals surface area contributed by atoms with Crippen molar-refractivity contribution in [1.82, 2.24) is 10.2 Å². The first-order valence-electron chi connectivity index (χ1n) is 2.88. The number of hydrogen-bond acceptors (Lipinski definition) is 4. The summed E-state index contributed by atoms with van der Waals surface area (Å²) >= 11 is 0. The summed E-state index contributed by atoms with van der Waals surface area (Å²) in [7, 11) is 1.55. The number of anilines is 1. The van der Waals surface area contributed by atoms with Crippen LogP contribution in [0.5, 0.6) is 5.75 Å². The Morgan fingerprint density at radius 3 is 2.70 bits per heavy atom. The van der Waals surface area contributed by atoms with Gasteiger partial charge in [0.05, 0.1) is 12.8 Å². The molecular weight excluding hydrogens is 130 g/mol. The molecule has 0 aliphatic rings. The van der Waals surface area contributed by atoms with Crippen molar-refractivity contribution in [2.24, 2.45) is 0 Å². The maximum atomic E-state index is 5.40. The Labute approximate surface area is 59.0 Å². The Morgan fingerprint density at radius 2 is 2.20 bits per heavy atom. The van der Waals surface area contributed by atoms with Crippen LogP contribution in [0.3, 0.4) is 0 Å². The van der Waals surface area contributed by atoms with Gasteiger partial charge in [-0.1, -0.05) is 0 Å². The van der Waals surface area contributed by atoms with Crippen LogP contribution in [0.2, 0.25) is 0 Å². The van der Waals surface area contributed by atoms with Crippen molar-refractivity contribution in [1.29, 1.82) is 0 Å². The maximum absolute atomic E-state index is 5.40. The van der Waals surface area contributed by atoms with Gasteiger partial charge >= 0.3 is 0 Å². The van der Waals surface area contributed by atoms with Gasteiger partial charge in [0.15, 0.2) is 11.6 Å². The number of aryl methyl sites for hydroxylation is 1. The highest BCUT2D eigenvalue weighted by atomic mass is 16.5. The van der Waals surface area contributed by atoms with Crippen molar-refractivity contribution in [3.63, 3.8) is 0 Å². The third-order valence-electron chi connectivity index (χ3n) is 1.13. The lowest BCUT2D eigenvalue weighted by Crippen LogP contribution is -1.98. The van der Waals surface area contributed by atoms with E-state index in [1.54, 1.807) is 13.2 Å². The lowest BCUT2D eigenvalue weighted by molar-refractivity contribution is 0.413. The summed E-state index contributed by atoms with van der Waals surface area (Å²) in [5.74, 6) is 0.903. The van der Waals surface area contributed by atoms with E-state index in [-0.39, 0.29) is 0 Å². The third kappa shape index (κ3) is 1.15. The predicted molar refractivity (Wildman–Crippen MR) is 37.7 cm³/mol. The lowest BCUT2D eigenvalue weighted by Gasteiger charge is -2.01. The van der Waals surface area contributed by atoms with E-state index in [9.17, 15) is 0 Å². The molecule has 10 heavy (non-hydrogen) atoms. The maximum Gasteiger partial charge on any atom is 0.188 e. The Kier molecular flexibility index (Phi) is 1.71. The minimum absolute atomic E-state index is 0.327. The summed E-state index contributed by atoms with van der Waals surface area (Å²) in [6.45, 7) is 1.83. The van der Waals surface area contributed by atoms with Crippen molar-refractivity contribution >= 4 is 5.82 Å². The molecule has 0 saturated carbocycles. The molecule has 1 aromatic rings. The standard InChI is InChI=1S/C6H9N3O/c1-4-3-5(10-2)6(7)9-8-4/h3H,1-2H3,(H2,7,9). The van der Waals surface area contributed by atoms with Crippen molar-refractivity contribution in [2.75, 3.05) is 12.8 Å². The van der Waals surface area contributed by atoms with Gasteiger partial charge in [-0.15, -0.1) is 5.10 Å². The fourth-order valence-corrected chi connectivity index (χ4v) is 0.638. The summed E-state index contributed by atoms with van der Waals surface area (Å²) in [6.07, 6.45) is 0. The Hall–Kier alpha value is -1.32. The van der Waals surface area contributed by atoms with Gasteiger partial charge < -0.3 is 10.5 Å². The van der Waals surface area contributed by atoms with E-state index in [4.69, 9.17) is 10.5 Å². The first-order valence-corrected chi connectivity index (χ1v) is 2.88. The molecule has 1 heterocycles. The lowest BCUT2D eigenvalue weighted by atomic mass is 10.4. The first-order chi connectivity index (χ1) is 4.74. The SMILES string of the molecule is COc1cc(C)nnc1N. The van der Waals surface area contributed by atoms with Crippen LogP contribution in [0.25, 0.3) is 0 Å². The van der Waals surface area contributed by atoms with Gasteiger partial charge in [0.1, 0.15) is 0 Å². The molecule has 4 heteroatoms. The average molecular weight is 139 g/mol. The highest BCUT2D eigenvalue weighted by Gasteiger charge is 1.99. The van der Waals surface area contributed by atoms with E-state index in [0.717, 1.165) is 5.69 Å². The molecule has 0 atom stereocenters. The Morgan fingerprint density at radius 1 is 1.50 bits per heavy atom. The molecule has 1 aromatic heterocycles. The molecule has 0 spiro atoms. The number of methoxy groups -OCH3 is 1. The zero-order valence-electron chi connectivity index (χ0n) is 5.96.